The van der Waals surface area contributed by atoms with E-state index in [4.69, 9.17) is 0 Å². The zero-order valence-electron chi connectivity index (χ0n) is 11.5. The van der Waals surface area contributed by atoms with Crippen LogP contribution in [0.1, 0.15) is 12.8 Å². The molecule has 1 saturated heterocycles. The molecule has 6 nitrogen and oxygen atoms in total. The number of alkyl halides is 3. The lowest BCUT2D eigenvalue weighted by Gasteiger charge is -2.10. The Kier molecular flexibility index (Phi) is 5.18. The molecule has 0 saturated carbocycles. The molecule has 1 aromatic rings. The maximum absolute atomic E-state index is 12.2. The van der Waals surface area contributed by atoms with Crippen LogP contribution in [0.3, 0.4) is 0 Å². The maximum Gasteiger partial charge on any atom is 0.512 e. The molecule has 0 radical (unpaired) electrons. The van der Waals surface area contributed by atoms with E-state index in [9.17, 15) is 30.0 Å². The molecule has 1 aromatic carbocycles. The Labute approximate surface area is 134 Å². The molecule has 23 heavy (non-hydrogen) atoms. The molecular formula is C11H13F3NO5S3+. The average Bonchev–Trinajstić information content (AvgIpc) is 2.90. The molecule has 0 aliphatic carbocycles. The number of hydrogen-bond donors (Lipinski definition) is 1. The Bertz CT molecular complexity index is 753. The molecular weight excluding hydrogens is 379 g/mol. The van der Waals surface area contributed by atoms with Crippen molar-refractivity contribution in [3.8, 4) is 5.75 Å². The summed E-state index contributed by atoms with van der Waals surface area (Å²) in [6.07, 6.45) is 2.24. The molecule has 1 aliphatic rings. The smallest absolute Gasteiger partial charge is 0.370 e. The van der Waals surface area contributed by atoms with Crippen molar-refractivity contribution in [2.75, 3.05) is 11.5 Å². The summed E-state index contributed by atoms with van der Waals surface area (Å²) in [5.41, 5.74) is -5.75. The van der Waals surface area contributed by atoms with Gasteiger partial charge >= 0.3 is 25.8 Å². The van der Waals surface area contributed by atoms with Crippen LogP contribution in [0.2, 0.25) is 0 Å². The van der Waals surface area contributed by atoms with Crippen LogP contribution >= 0.6 is 0 Å². The fraction of sp³-hybridized carbons (Fsp3) is 0.455. The van der Waals surface area contributed by atoms with Crippen LogP contribution in [0.15, 0.2) is 29.2 Å². The van der Waals surface area contributed by atoms with Crippen molar-refractivity contribution < 1.29 is 34.2 Å². The minimum atomic E-state index is -6.06. The summed E-state index contributed by atoms with van der Waals surface area (Å²) in [6.45, 7) is 0. The Morgan fingerprint density at radius 1 is 1.00 bits per heavy atom. The van der Waals surface area contributed by atoms with Gasteiger partial charge in [-0.1, -0.05) is 4.13 Å². The molecule has 0 atom stereocenters. The molecule has 0 aromatic heterocycles. The Morgan fingerprint density at radius 3 is 2.00 bits per heavy atom. The van der Waals surface area contributed by atoms with Crippen LogP contribution in [0.4, 0.5) is 13.2 Å². The van der Waals surface area contributed by atoms with Crippen molar-refractivity contribution in [2.24, 2.45) is 0 Å². The minimum Gasteiger partial charge on any atom is -0.370 e. The summed E-state index contributed by atoms with van der Waals surface area (Å²) in [5.74, 6) is 1.81. The minimum absolute atomic E-state index is 0.0850. The zero-order chi connectivity index (χ0) is 17.3. The van der Waals surface area contributed by atoms with E-state index in [2.05, 4.69) is 4.18 Å². The summed E-state index contributed by atoms with van der Waals surface area (Å²) < 4.78 is 85.7. The van der Waals surface area contributed by atoms with Crippen LogP contribution in [0.25, 0.3) is 0 Å². The molecule has 0 amide bonds. The number of sulfonamides is 1. The second kappa shape index (κ2) is 6.49. The van der Waals surface area contributed by atoms with Crippen LogP contribution in [-0.2, 0) is 31.2 Å². The lowest BCUT2D eigenvalue weighted by atomic mass is 10.3. The first kappa shape index (κ1) is 18.4. The summed E-state index contributed by atoms with van der Waals surface area (Å²) in [6, 6.07) is 5.80. The Hall–Kier alpha value is -0.980. The van der Waals surface area contributed by atoms with E-state index in [0.717, 1.165) is 29.2 Å². The van der Waals surface area contributed by atoms with Crippen molar-refractivity contribution in [1.29, 1.82) is 0 Å². The predicted molar refractivity (Wildman–Crippen MR) is 78.7 cm³/mol. The first-order valence-electron chi connectivity index (χ1n) is 6.32. The number of benzene rings is 1. The lowest BCUT2D eigenvalue weighted by molar-refractivity contribution is -0.0442. The lowest BCUT2D eigenvalue weighted by Crippen LogP contribution is -2.42. The number of rotatable bonds is 5. The quantitative estimate of drug-likeness (QED) is 0.768. The molecule has 1 N–H and O–H groups in total. The van der Waals surface area contributed by atoms with Crippen molar-refractivity contribution in [2.45, 2.75) is 23.2 Å². The van der Waals surface area contributed by atoms with Crippen LogP contribution < -0.4 is 8.31 Å². The van der Waals surface area contributed by atoms with Gasteiger partial charge in [0.1, 0.15) is 17.3 Å². The second-order valence-corrected chi connectivity index (χ2v) is 10.1. The Morgan fingerprint density at radius 2 is 1.52 bits per heavy atom. The van der Waals surface area contributed by atoms with Crippen molar-refractivity contribution in [3.05, 3.63) is 24.3 Å². The predicted octanol–water partition coefficient (Wildman–Crippen LogP) is 1.52. The molecule has 12 heteroatoms. The fourth-order valence-corrected chi connectivity index (χ4v) is 6.16. The molecule has 1 aliphatic heterocycles. The molecule has 0 unspecified atom stereocenters. The summed E-state index contributed by atoms with van der Waals surface area (Å²) in [5, 5.41) is 0. The van der Waals surface area contributed by atoms with Gasteiger partial charge in [-0.05, 0) is 37.1 Å². The van der Waals surface area contributed by atoms with Crippen molar-refractivity contribution >= 4 is 31.2 Å². The molecule has 0 bridgehead atoms. The SMILES string of the molecule is O=S(=O)(NS(=O)(=O)C(F)(F)F)Oc1ccc([S+]2CCCC2)cc1. The standard InChI is InChI=1S/C11H13F3NO5S3/c12-11(13,14)22(16,17)15-23(18,19)20-9-3-5-10(6-4-9)21-7-1-2-8-21/h3-6,15H,1-2,7-8H2/q+1. The third-order valence-electron chi connectivity index (χ3n) is 2.91. The highest BCUT2D eigenvalue weighted by Crippen LogP contribution is 2.26. The molecule has 2 rings (SSSR count). The summed E-state index contributed by atoms with van der Waals surface area (Å²) in [4.78, 5) is 1.00. The van der Waals surface area contributed by atoms with Gasteiger partial charge in [-0.25, -0.2) is 8.42 Å². The van der Waals surface area contributed by atoms with E-state index in [1.807, 2.05) is 0 Å². The zero-order valence-corrected chi connectivity index (χ0v) is 14.0. The summed E-state index contributed by atoms with van der Waals surface area (Å²) in [7, 11) is -11.1. The van der Waals surface area contributed by atoms with Gasteiger partial charge in [0, 0.05) is 10.9 Å². The number of hydrogen-bond acceptors (Lipinski definition) is 5. The maximum atomic E-state index is 12.2. The molecule has 1 heterocycles. The van der Waals surface area contributed by atoms with Gasteiger partial charge < -0.3 is 4.18 Å². The highest BCUT2D eigenvalue weighted by Gasteiger charge is 2.48. The largest absolute Gasteiger partial charge is 0.512 e. The van der Waals surface area contributed by atoms with Gasteiger partial charge in [-0.3, -0.25) is 0 Å². The van der Waals surface area contributed by atoms with Gasteiger partial charge in [-0.2, -0.15) is 21.6 Å². The Balaban J connectivity index is 2.08. The number of nitrogens with one attached hydrogen (secondary N) is 1. The topological polar surface area (TPSA) is 89.5 Å². The molecule has 0 spiro atoms. The third kappa shape index (κ3) is 4.75. The highest BCUT2D eigenvalue weighted by molar-refractivity contribution is 8.03. The normalized spacial score (nSPS) is 17.3. The van der Waals surface area contributed by atoms with E-state index in [1.165, 1.54) is 12.1 Å². The monoisotopic (exact) mass is 392 g/mol. The first-order chi connectivity index (χ1) is 10.5. The molecule has 130 valence electrons. The van der Waals surface area contributed by atoms with Gasteiger partial charge in [0.05, 0.1) is 0 Å². The van der Waals surface area contributed by atoms with Gasteiger partial charge in [-0.15, -0.1) is 0 Å². The third-order valence-corrected chi connectivity index (χ3v) is 8.13. The highest BCUT2D eigenvalue weighted by atomic mass is 32.3. The van der Waals surface area contributed by atoms with Crippen LogP contribution in [-0.4, -0.2) is 33.8 Å². The van der Waals surface area contributed by atoms with E-state index in [0.29, 0.717) is 4.13 Å². The molecule has 1 fully saturated rings. The fourth-order valence-electron chi connectivity index (χ4n) is 1.90. The van der Waals surface area contributed by atoms with E-state index in [1.54, 1.807) is 12.1 Å². The van der Waals surface area contributed by atoms with Crippen molar-refractivity contribution in [1.82, 2.24) is 4.13 Å². The van der Waals surface area contributed by atoms with E-state index >= 15 is 0 Å². The average molecular weight is 392 g/mol. The van der Waals surface area contributed by atoms with Crippen molar-refractivity contribution in [3.63, 3.8) is 0 Å². The summed E-state index contributed by atoms with van der Waals surface area (Å²) >= 11 is 0. The van der Waals surface area contributed by atoms with E-state index < -0.39 is 25.8 Å². The van der Waals surface area contributed by atoms with Gasteiger partial charge in [0.15, 0.2) is 4.90 Å². The first-order valence-corrected chi connectivity index (χ1v) is 10.8. The number of halogens is 3. The van der Waals surface area contributed by atoms with E-state index in [-0.39, 0.29) is 16.6 Å². The van der Waals surface area contributed by atoms with Gasteiger partial charge in [0.25, 0.3) is 0 Å². The second-order valence-electron chi connectivity index (χ2n) is 4.65. The van der Waals surface area contributed by atoms with Gasteiger partial charge in [0.2, 0.25) is 0 Å². The van der Waals surface area contributed by atoms with Crippen LogP contribution in [0, 0.1) is 0 Å². The van der Waals surface area contributed by atoms with Crippen LogP contribution in [0.5, 0.6) is 5.75 Å².